The minimum absolute atomic E-state index is 0.838. The molecule has 1 aromatic heterocycles. The molecule has 4 heteroatoms. The second-order valence-electron chi connectivity index (χ2n) is 5.91. The predicted molar refractivity (Wildman–Crippen MR) is 89.7 cm³/mol. The van der Waals surface area contributed by atoms with Gasteiger partial charge in [-0.3, -0.25) is 0 Å². The number of aromatic nitrogens is 2. The molecule has 0 radical (unpaired) electrons. The minimum atomic E-state index is -2.32. The molecule has 0 amide bonds. The second-order valence-corrected chi connectivity index (χ2v) is 19.0. The van der Waals surface area contributed by atoms with Gasteiger partial charge < -0.3 is 0 Å². The third-order valence-corrected chi connectivity index (χ3v) is 19.4. The van der Waals surface area contributed by atoms with Gasteiger partial charge in [-0.15, -0.1) is 0 Å². The first-order valence-corrected chi connectivity index (χ1v) is 15.8. The molecule has 1 heterocycles. The van der Waals surface area contributed by atoms with Gasteiger partial charge in [-0.1, -0.05) is 0 Å². The Bertz CT molecular complexity index is 343. The van der Waals surface area contributed by atoms with Crippen LogP contribution in [0.25, 0.3) is 0 Å². The number of hydrogen-bond acceptors (Lipinski definition) is 2. The zero-order valence-corrected chi connectivity index (χ0v) is 16.7. The quantitative estimate of drug-likeness (QED) is 0.569. The number of rotatable bonds is 11. The zero-order valence-electron chi connectivity index (χ0n) is 13.8. The molecule has 0 saturated carbocycles. The molecular formula is C16H32N2OSn. The number of nitrogens with zero attached hydrogens (tertiary/aromatic N) is 1. The van der Waals surface area contributed by atoms with E-state index < -0.39 is 18.4 Å². The van der Waals surface area contributed by atoms with E-state index >= 15 is 0 Å². The number of methoxy groups -OCH3 is 1. The van der Waals surface area contributed by atoms with E-state index in [0.29, 0.717) is 0 Å². The third kappa shape index (κ3) is 4.97. The monoisotopic (exact) mass is 388 g/mol. The maximum atomic E-state index is 5.32. The van der Waals surface area contributed by atoms with Crippen molar-refractivity contribution in [3.63, 3.8) is 0 Å². The van der Waals surface area contributed by atoms with E-state index in [1.807, 2.05) is 0 Å². The number of ether oxygens (including phenoxy) is 1. The van der Waals surface area contributed by atoms with Gasteiger partial charge in [0.25, 0.3) is 0 Å². The average Bonchev–Trinajstić information content (AvgIpc) is 2.96. The molecule has 1 rings (SSSR count). The summed E-state index contributed by atoms with van der Waals surface area (Å²) in [6.45, 7) is 6.92. The third-order valence-electron chi connectivity index (χ3n) is 4.34. The number of unbranched alkanes of at least 4 members (excludes halogenated alkanes) is 3. The van der Waals surface area contributed by atoms with Gasteiger partial charge in [0.2, 0.25) is 0 Å². The van der Waals surface area contributed by atoms with Gasteiger partial charge in [-0.25, -0.2) is 0 Å². The number of H-pyrrole nitrogens is 1. The van der Waals surface area contributed by atoms with Crippen LogP contribution in [-0.4, -0.2) is 35.7 Å². The first-order valence-electron chi connectivity index (χ1n) is 8.32. The van der Waals surface area contributed by atoms with Crippen molar-refractivity contribution in [1.82, 2.24) is 10.2 Å². The topological polar surface area (TPSA) is 37.9 Å². The van der Waals surface area contributed by atoms with Crippen LogP contribution >= 0.6 is 0 Å². The summed E-state index contributed by atoms with van der Waals surface area (Å²) in [7, 11) is 1.72. The van der Waals surface area contributed by atoms with Crippen LogP contribution in [0.15, 0.2) is 6.07 Å². The summed E-state index contributed by atoms with van der Waals surface area (Å²) in [5, 5.41) is 7.73. The average molecular weight is 387 g/mol. The van der Waals surface area contributed by atoms with Crippen LogP contribution in [0.2, 0.25) is 13.3 Å². The van der Waals surface area contributed by atoms with Gasteiger partial charge in [0.15, 0.2) is 0 Å². The molecular weight excluding hydrogens is 355 g/mol. The van der Waals surface area contributed by atoms with Crippen molar-refractivity contribution in [3.05, 3.63) is 6.07 Å². The second kappa shape index (κ2) is 9.69. The van der Waals surface area contributed by atoms with Crippen LogP contribution in [0, 0.1) is 0 Å². The van der Waals surface area contributed by atoms with Gasteiger partial charge in [0.05, 0.1) is 0 Å². The summed E-state index contributed by atoms with van der Waals surface area (Å²) in [6, 6.07) is 2.21. The van der Waals surface area contributed by atoms with E-state index in [9.17, 15) is 0 Å². The Morgan fingerprint density at radius 1 is 1.00 bits per heavy atom. The fourth-order valence-electron chi connectivity index (χ4n) is 2.99. The molecule has 0 aliphatic heterocycles. The summed E-state index contributed by atoms with van der Waals surface area (Å²) in [6.07, 6.45) is 8.03. The Balaban J connectivity index is 2.97. The molecule has 20 heavy (non-hydrogen) atoms. The van der Waals surface area contributed by atoms with Gasteiger partial charge in [0, 0.05) is 0 Å². The molecule has 0 unspecified atom stereocenters. The summed E-state index contributed by atoms with van der Waals surface area (Å²) in [5.74, 6) is 0.838. The first-order chi connectivity index (χ1) is 9.72. The van der Waals surface area contributed by atoms with Crippen LogP contribution < -0.4 is 8.45 Å². The van der Waals surface area contributed by atoms with E-state index in [-0.39, 0.29) is 0 Å². The van der Waals surface area contributed by atoms with Crippen molar-refractivity contribution in [1.29, 1.82) is 0 Å². The van der Waals surface area contributed by atoms with Crippen LogP contribution in [0.3, 0.4) is 0 Å². The Labute approximate surface area is 128 Å². The molecule has 3 nitrogen and oxygen atoms in total. The fourth-order valence-corrected chi connectivity index (χ4v) is 18.2. The van der Waals surface area contributed by atoms with Gasteiger partial charge in [-0.05, 0) is 0 Å². The summed E-state index contributed by atoms with van der Waals surface area (Å²) in [5.41, 5.74) is 0. The predicted octanol–water partition coefficient (Wildman–Crippen LogP) is 4.47. The van der Waals surface area contributed by atoms with Crippen molar-refractivity contribution in [2.75, 3.05) is 7.11 Å². The summed E-state index contributed by atoms with van der Waals surface area (Å²) >= 11 is -2.32. The number of hydrogen-bond donors (Lipinski definition) is 1. The van der Waals surface area contributed by atoms with E-state index in [0.717, 1.165) is 5.88 Å². The molecule has 0 aliphatic rings. The standard InChI is InChI=1S/C4H5N2O.3C4H9.Sn/c1-7-4-2-3-5-6-4;3*1-3-4-2;/h2H,1H3,(H,5,6);3*1,3-4H2,2H3;. The van der Waals surface area contributed by atoms with Crippen LogP contribution in [0.1, 0.15) is 59.3 Å². The normalized spacial score (nSPS) is 11.8. The molecule has 0 aliphatic carbocycles. The maximum absolute atomic E-state index is 5.32. The SMILES string of the molecule is CCC[CH2][Sn]([CH2]CCC)([CH2]CCC)[c]1cc(OC)[nH]n1. The molecule has 1 aromatic rings. The van der Waals surface area contributed by atoms with Crippen molar-refractivity contribution >= 4 is 22.1 Å². The van der Waals surface area contributed by atoms with Gasteiger partial charge in [-0.2, -0.15) is 0 Å². The van der Waals surface area contributed by atoms with Gasteiger partial charge >= 0.3 is 129 Å². The Hall–Kier alpha value is -0.191. The van der Waals surface area contributed by atoms with Gasteiger partial charge in [0.1, 0.15) is 0 Å². The van der Waals surface area contributed by atoms with E-state index in [1.165, 1.54) is 55.5 Å². The fraction of sp³-hybridized carbons (Fsp3) is 0.812. The summed E-state index contributed by atoms with van der Waals surface area (Å²) < 4.78 is 11.1. The Morgan fingerprint density at radius 2 is 1.50 bits per heavy atom. The molecule has 0 saturated heterocycles. The molecule has 0 bridgehead atoms. The zero-order chi connectivity index (χ0) is 14.8. The molecule has 0 fully saturated rings. The van der Waals surface area contributed by atoms with Crippen LogP contribution in [-0.2, 0) is 0 Å². The Morgan fingerprint density at radius 3 is 1.85 bits per heavy atom. The Kier molecular flexibility index (Phi) is 8.65. The first kappa shape index (κ1) is 17.9. The summed E-state index contributed by atoms with van der Waals surface area (Å²) in [4.78, 5) is 0. The number of aromatic amines is 1. The van der Waals surface area contributed by atoms with Crippen molar-refractivity contribution < 1.29 is 4.74 Å². The van der Waals surface area contributed by atoms with Crippen LogP contribution in [0.4, 0.5) is 0 Å². The van der Waals surface area contributed by atoms with E-state index in [2.05, 4.69) is 37.0 Å². The van der Waals surface area contributed by atoms with Crippen LogP contribution in [0.5, 0.6) is 5.88 Å². The molecule has 1 N–H and O–H groups in total. The van der Waals surface area contributed by atoms with Crippen molar-refractivity contribution in [2.24, 2.45) is 0 Å². The molecule has 0 spiro atoms. The van der Waals surface area contributed by atoms with Crippen molar-refractivity contribution in [2.45, 2.75) is 72.6 Å². The number of nitrogens with one attached hydrogen (secondary N) is 1. The van der Waals surface area contributed by atoms with Crippen molar-refractivity contribution in [3.8, 4) is 5.88 Å². The molecule has 0 atom stereocenters. The van der Waals surface area contributed by atoms with E-state index in [1.54, 1.807) is 7.11 Å². The molecule has 116 valence electrons. The van der Waals surface area contributed by atoms with E-state index in [4.69, 9.17) is 4.74 Å². The molecule has 0 aromatic carbocycles.